The lowest BCUT2D eigenvalue weighted by molar-refractivity contribution is -0.137. The van der Waals surface area contributed by atoms with Crippen LogP contribution in [0, 0.1) is 6.92 Å². The van der Waals surface area contributed by atoms with Gasteiger partial charge in [0.1, 0.15) is 0 Å². The summed E-state index contributed by atoms with van der Waals surface area (Å²) in [6.45, 7) is 1.98. The van der Waals surface area contributed by atoms with Gasteiger partial charge in [0.2, 0.25) is 0 Å². The van der Waals surface area contributed by atoms with Gasteiger partial charge in [-0.3, -0.25) is 4.79 Å². The van der Waals surface area contributed by atoms with Crippen LogP contribution in [0.25, 0.3) is 11.3 Å². The number of carbonyl (C=O) groups is 1. The molecule has 1 atom stereocenters. The number of anilines is 1. The van der Waals surface area contributed by atoms with Crippen molar-refractivity contribution in [2.45, 2.75) is 24.3 Å². The van der Waals surface area contributed by atoms with Crippen LogP contribution >= 0.6 is 35.3 Å². The SMILES string of the molecule is CSc1ccc(C(CC(=O)O)NC(=S)Nc2cccc(-c3csc(C)n3)c2)cc1. The van der Waals surface area contributed by atoms with Gasteiger partial charge >= 0.3 is 5.97 Å². The first-order valence-corrected chi connectivity index (χ1v) is 11.4. The number of thioether (sulfide) groups is 1. The van der Waals surface area contributed by atoms with Crippen molar-refractivity contribution < 1.29 is 9.90 Å². The number of thiazole rings is 1. The van der Waals surface area contributed by atoms with E-state index in [4.69, 9.17) is 12.2 Å². The van der Waals surface area contributed by atoms with E-state index in [1.807, 2.05) is 67.1 Å². The van der Waals surface area contributed by atoms with Crippen molar-refractivity contribution in [3.63, 3.8) is 0 Å². The van der Waals surface area contributed by atoms with E-state index in [9.17, 15) is 9.90 Å². The zero-order valence-corrected chi connectivity index (χ0v) is 18.5. The number of aryl methyl sites for hydroxylation is 1. The minimum Gasteiger partial charge on any atom is -0.481 e. The average molecular weight is 444 g/mol. The Morgan fingerprint density at radius 3 is 2.66 bits per heavy atom. The van der Waals surface area contributed by atoms with Crippen LogP contribution in [0.2, 0.25) is 0 Å². The first-order chi connectivity index (χ1) is 13.9. The van der Waals surface area contributed by atoms with E-state index in [1.54, 1.807) is 23.1 Å². The molecule has 3 aromatic rings. The van der Waals surface area contributed by atoms with Crippen molar-refractivity contribution >= 4 is 52.1 Å². The van der Waals surface area contributed by atoms with Gasteiger partial charge in [0.05, 0.1) is 23.2 Å². The maximum absolute atomic E-state index is 11.3. The van der Waals surface area contributed by atoms with Crippen molar-refractivity contribution in [1.82, 2.24) is 10.3 Å². The Bertz CT molecular complexity index is 1000. The minimum absolute atomic E-state index is 0.0709. The van der Waals surface area contributed by atoms with Gasteiger partial charge in [0.15, 0.2) is 5.11 Å². The molecule has 29 heavy (non-hydrogen) atoms. The van der Waals surface area contributed by atoms with E-state index in [-0.39, 0.29) is 6.42 Å². The van der Waals surface area contributed by atoms with Crippen molar-refractivity contribution in [3.05, 3.63) is 64.5 Å². The van der Waals surface area contributed by atoms with Gasteiger partial charge in [-0.25, -0.2) is 4.98 Å². The van der Waals surface area contributed by atoms with Crippen molar-refractivity contribution in [1.29, 1.82) is 0 Å². The molecule has 1 heterocycles. The highest BCUT2D eigenvalue weighted by atomic mass is 32.2. The van der Waals surface area contributed by atoms with E-state index in [1.165, 1.54) is 0 Å². The highest BCUT2D eigenvalue weighted by Gasteiger charge is 2.17. The van der Waals surface area contributed by atoms with E-state index < -0.39 is 12.0 Å². The monoisotopic (exact) mass is 443 g/mol. The van der Waals surface area contributed by atoms with Gasteiger partial charge in [-0.15, -0.1) is 23.1 Å². The molecule has 0 bridgehead atoms. The molecule has 3 rings (SSSR count). The van der Waals surface area contributed by atoms with E-state index in [0.717, 1.165) is 32.4 Å². The lowest BCUT2D eigenvalue weighted by atomic mass is 10.0. The smallest absolute Gasteiger partial charge is 0.305 e. The highest BCUT2D eigenvalue weighted by molar-refractivity contribution is 7.98. The first-order valence-electron chi connectivity index (χ1n) is 8.90. The fourth-order valence-electron chi connectivity index (χ4n) is 2.84. The molecule has 0 aliphatic rings. The van der Waals surface area contributed by atoms with Crippen LogP contribution in [-0.2, 0) is 4.79 Å². The molecular weight excluding hydrogens is 422 g/mol. The Kier molecular flexibility index (Phi) is 7.24. The highest BCUT2D eigenvalue weighted by Crippen LogP contribution is 2.25. The Morgan fingerprint density at radius 2 is 2.03 bits per heavy atom. The largest absolute Gasteiger partial charge is 0.481 e. The topological polar surface area (TPSA) is 74.2 Å². The zero-order valence-electron chi connectivity index (χ0n) is 16.0. The fourth-order valence-corrected chi connectivity index (χ4v) is 4.13. The van der Waals surface area contributed by atoms with Gasteiger partial charge in [-0.2, -0.15) is 0 Å². The third-order valence-corrected chi connectivity index (χ3v) is 5.97. The maximum Gasteiger partial charge on any atom is 0.305 e. The van der Waals surface area contributed by atoms with Crippen molar-refractivity contribution in [3.8, 4) is 11.3 Å². The van der Waals surface area contributed by atoms with Gasteiger partial charge in [0, 0.05) is 21.5 Å². The molecular formula is C21H21N3O2S3. The molecule has 0 aliphatic heterocycles. The van der Waals surface area contributed by atoms with Crippen LogP contribution in [0.4, 0.5) is 5.69 Å². The third kappa shape index (κ3) is 6.03. The number of carboxylic acids is 1. The Balaban J connectivity index is 1.72. The van der Waals surface area contributed by atoms with Crippen LogP contribution in [-0.4, -0.2) is 27.4 Å². The summed E-state index contributed by atoms with van der Waals surface area (Å²) in [5.41, 5.74) is 3.61. The summed E-state index contributed by atoms with van der Waals surface area (Å²) in [6.07, 6.45) is 1.93. The number of hydrogen-bond donors (Lipinski definition) is 3. The predicted octanol–water partition coefficient (Wildman–Crippen LogP) is 5.34. The molecule has 0 amide bonds. The van der Waals surface area contributed by atoms with Crippen LogP contribution in [0.5, 0.6) is 0 Å². The lowest BCUT2D eigenvalue weighted by Crippen LogP contribution is -2.33. The molecule has 0 spiro atoms. The number of rotatable bonds is 7. The third-order valence-electron chi connectivity index (χ3n) is 4.24. The normalized spacial score (nSPS) is 11.7. The number of hydrogen-bond acceptors (Lipinski definition) is 5. The van der Waals surface area contributed by atoms with Crippen LogP contribution < -0.4 is 10.6 Å². The predicted molar refractivity (Wildman–Crippen MR) is 125 cm³/mol. The first kappa shape index (κ1) is 21.3. The average Bonchev–Trinajstić information content (AvgIpc) is 3.14. The second-order valence-electron chi connectivity index (χ2n) is 6.35. The molecule has 1 unspecified atom stereocenters. The summed E-state index contributed by atoms with van der Waals surface area (Å²) in [5.74, 6) is -0.889. The molecule has 0 saturated heterocycles. The van der Waals surface area contributed by atoms with E-state index in [0.29, 0.717) is 5.11 Å². The molecule has 0 radical (unpaired) electrons. The van der Waals surface area contributed by atoms with Gasteiger partial charge in [-0.05, 0) is 55.2 Å². The molecule has 1 aromatic heterocycles. The summed E-state index contributed by atoms with van der Waals surface area (Å²) in [7, 11) is 0. The Hall–Kier alpha value is -2.42. The quantitative estimate of drug-likeness (QED) is 0.336. The van der Waals surface area contributed by atoms with Crippen LogP contribution in [0.3, 0.4) is 0 Å². The Labute approximate surface area is 183 Å². The summed E-state index contributed by atoms with van der Waals surface area (Å²) in [4.78, 5) is 17.0. The van der Waals surface area contributed by atoms with Crippen LogP contribution in [0.1, 0.15) is 23.0 Å². The van der Waals surface area contributed by atoms with E-state index in [2.05, 4.69) is 15.6 Å². The summed E-state index contributed by atoms with van der Waals surface area (Å²) in [6, 6.07) is 15.2. The van der Waals surface area contributed by atoms with Crippen molar-refractivity contribution in [2.24, 2.45) is 0 Å². The molecule has 150 valence electrons. The number of aliphatic carboxylic acids is 1. The van der Waals surface area contributed by atoms with Gasteiger partial charge in [0.25, 0.3) is 0 Å². The maximum atomic E-state index is 11.3. The van der Waals surface area contributed by atoms with Crippen LogP contribution in [0.15, 0.2) is 58.8 Å². The number of nitrogens with one attached hydrogen (secondary N) is 2. The number of nitrogens with zero attached hydrogens (tertiary/aromatic N) is 1. The molecule has 3 N–H and O–H groups in total. The summed E-state index contributed by atoms with van der Waals surface area (Å²) < 4.78 is 0. The molecule has 0 aliphatic carbocycles. The fraction of sp³-hybridized carbons (Fsp3) is 0.190. The van der Waals surface area contributed by atoms with Crippen molar-refractivity contribution in [2.75, 3.05) is 11.6 Å². The standard InChI is InChI=1S/C21H21N3O2S3/c1-13-22-19(12-29-13)15-4-3-5-16(10-15)23-21(27)24-18(11-20(25)26)14-6-8-17(28-2)9-7-14/h3-10,12,18H,11H2,1-2H3,(H,25,26)(H2,23,24,27). The number of benzene rings is 2. The number of aromatic nitrogens is 1. The molecule has 0 fully saturated rings. The molecule has 8 heteroatoms. The van der Waals surface area contributed by atoms with Gasteiger partial charge < -0.3 is 15.7 Å². The number of carboxylic acid groups (broad SMARTS) is 1. The summed E-state index contributed by atoms with van der Waals surface area (Å²) >= 11 is 8.69. The van der Waals surface area contributed by atoms with Gasteiger partial charge in [-0.1, -0.05) is 24.3 Å². The lowest BCUT2D eigenvalue weighted by Gasteiger charge is -2.20. The second kappa shape index (κ2) is 9.87. The van der Waals surface area contributed by atoms with E-state index >= 15 is 0 Å². The molecule has 2 aromatic carbocycles. The number of thiocarbonyl (C=S) groups is 1. The molecule has 0 saturated carbocycles. The summed E-state index contributed by atoms with van der Waals surface area (Å²) in [5, 5.41) is 19.0. The molecule has 5 nitrogen and oxygen atoms in total. The minimum atomic E-state index is -0.889. The Morgan fingerprint density at radius 1 is 1.28 bits per heavy atom. The zero-order chi connectivity index (χ0) is 20.8. The second-order valence-corrected chi connectivity index (χ2v) is 8.70.